The van der Waals surface area contributed by atoms with Crippen LogP contribution in [-0.2, 0) is 18.3 Å². The number of aromatic nitrogens is 4. The third-order valence-electron chi connectivity index (χ3n) is 4.66. The highest BCUT2D eigenvalue weighted by molar-refractivity contribution is 5.88. The van der Waals surface area contributed by atoms with Gasteiger partial charge in [0.2, 0.25) is 5.91 Å². The molecule has 7 nitrogen and oxygen atoms in total. The second-order valence-corrected chi connectivity index (χ2v) is 6.53. The maximum absolute atomic E-state index is 12.9. The highest BCUT2D eigenvalue weighted by Crippen LogP contribution is 2.21. The first kappa shape index (κ1) is 17.7. The number of carbonyl (C=O) groups excluding carboxylic acids is 1. The Hall–Kier alpha value is -3.74. The Morgan fingerprint density at radius 3 is 2.54 bits per heavy atom. The summed E-state index contributed by atoms with van der Waals surface area (Å²) in [5.41, 5.74) is 1.19. The van der Waals surface area contributed by atoms with E-state index in [4.69, 9.17) is 0 Å². The molecule has 2 aromatic heterocycles. The van der Waals surface area contributed by atoms with Gasteiger partial charge < -0.3 is 9.88 Å². The van der Waals surface area contributed by atoms with Gasteiger partial charge in [-0.3, -0.25) is 9.59 Å². The Morgan fingerprint density at radius 2 is 1.82 bits per heavy atom. The molecule has 0 fully saturated rings. The van der Waals surface area contributed by atoms with Crippen molar-refractivity contribution in [3.05, 3.63) is 94.4 Å². The van der Waals surface area contributed by atoms with Gasteiger partial charge in [0.15, 0.2) is 0 Å². The van der Waals surface area contributed by atoms with Crippen LogP contribution >= 0.6 is 0 Å². The summed E-state index contributed by atoms with van der Waals surface area (Å²) in [4.78, 5) is 29.2. The topological polar surface area (TPSA) is 92.7 Å². The quantitative estimate of drug-likeness (QED) is 0.560. The minimum Gasteiger partial charge on any atom is -0.342 e. The predicted molar refractivity (Wildman–Crippen MR) is 106 cm³/mol. The van der Waals surface area contributed by atoms with E-state index in [0.29, 0.717) is 16.5 Å². The number of aromatic amines is 1. The third-order valence-corrected chi connectivity index (χ3v) is 4.66. The molecule has 0 aliphatic carbocycles. The molecule has 2 N–H and O–H groups in total. The van der Waals surface area contributed by atoms with Gasteiger partial charge in [0.05, 0.1) is 17.5 Å². The van der Waals surface area contributed by atoms with Crippen LogP contribution in [0, 0.1) is 0 Å². The van der Waals surface area contributed by atoms with Crippen LogP contribution in [-0.4, -0.2) is 25.7 Å². The minimum atomic E-state index is -0.386. The Morgan fingerprint density at radius 1 is 1.11 bits per heavy atom. The van der Waals surface area contributed by atoms with E-state index in [2.05, 4.69) is 20.5 Å². The Balaban J connectivity index is 1.64. The molecule has 7 heteroatoms. The number of amides is 1. The van der Waals surface area contributed by atoms with E-state index in [1.165, 1.54) is 0 Å². The summed E-state index contributed by atoms with van der Waals surface area (Å²) in [6, 6.07) is 16.4. The zero-order chi connectivity index (χ0) is 19.5. The maximum Gasteiger partial charge on any atom is 0.272 e. The summed E-state index contributed by atoms with van der Waals surface area (Å²) in [6.45, 7) is 0. The lowest BCUT2D eigenvalue weighted by molar-refractivity contribution is -0.121. The Kier molecular flexibility index (Phi) is 4.72. The van der Waals surface area contributed by atoms with Gasteiger partial charge in [-0.05, 0) is 11.6 Å². The van der Waals surface area contributed by atoms with E-state index in [9.17, 15) is 9.59 Å². The summed E-state index contributed by atoms with van der Waals surface area (Å²) in [5, 5.41) is 10.8. The lowest BCUT2D eigenvalue weighted by Gasteiger charge is -2.19. The number of hydrogen-bond donors (Lipinski definition) is 2. The molecule has 1 atom stereocenters. The molecular weight excluding hydrogens is 354 g/mol. The monoisotopic (exact) mass is 373 g/mol. The predicted octanol–water partition coefficient (Wildman–Crippen LogP) is 2.10. The standard InChI is InChI=1S/C21H19N5O2/c1-26-12-11-22-20(26)19(14-7-3-2-4-8-14)23-18(27)13-17-15-9-5-6-10-16(15)21(28)25-24-17/h2-12,19H,13H2,1H3,(H,23,27)(H,25,28). The second kappa shape index (κ2) is 7.48. The van der Waals surface area contributed by atoms with Crippen LogP contribution in [0.5, 0.6) is 0 Å². The first-order valence-electron chi connectivity index (χ1n) is 8.91. The largest absolute Gasteiger partial charge is 0.342 e. The van der Waals surface area contributed by atoms with Crippen molar-refractivity contribution < 1.29 is 4.79 Å². The van der Waals surface area contributed by atoms with Gasteiger partial charge in [0, 0.05) is 24.8 Å². The zero-order valence-electron chi connectivity index (χ0n) is 15.3. The SMILES string of the molecule is Cn1ccnc1C(NC(=O)Cc1n[nH]c(=O)c2ccccc12)c1ccccc1. The average molecular weight is 373 g/mol. The first-order valence-corrected chi connectivity index (χ1v) is 8.91. The summed E-state index contributed by atoms with van der Waals surface area (Å²) in [7, 11) is 1.89. The van der Waals surface area contributed by atoms with Crippen molar-refractivity contribution in [3.63, 3.8) is 0 Å². The number of carbonyl (C=O) groups is 1. The molecule has 140 valence electrons. The highest BCUT2D eigenvalue weighted by Gasteiger charge is 2.21. The fourth-order valence-corrected chi connectivity index (χ4v) is 3.27. The molecule has 1 unspecified atom stereocenters. The van der Waals surface area contributed by atoms with Crippen LogP contribution in [0.2, 0.25) is 0 Å². The Labute approximate surface area is 161 Å². The van der Waals surface area contributed by atoms with E-state index in [1.807, 2.05) is 54.2 Å². The number of hydrogen-bond acceptors (Lipinski definition) is 4. The van der Waals surface area contributed by atoms with Gasteiger partial charge in [-0.2, -0.15) is 5.10 Å². The van der Waals surface area contributed by atoms with Crippen molar-refractivity contribution in [2.24, 2.45) is 7.05 Å². The van der Waals surface area contributed by atoms with Crippen LogP contribution < -0.4 is 10.9 Å². The number of nitrogens with zero attached hydrogens (tertiary/aromatic N) is 3. The molecule has 2 aromatic carbocycles. The number of benzene rings is 2. The number of imidazole rings is 1. The molecule has 0 bridgehead atoms. The van der Waals surface area contributed by atoms with E-state index in [-0.39, 0.29) is 23.9 Å². The van der Waals surface area contributed by atoms with Crippen LogP contribution in [0.1, 0.15) is 23.1 Å². The summed E-state index contributed by atoms with van der Waals surface area (Å²) in [5.74, 6) is 0.528. The molecule has 1 amide bonds. The molecule has 2 heterocycles. The van der Waals surface area contributed by atoms with E-state index in [0.717, 1.165) is 11.4 Å². The highest BCUT2D eigenvalue weighted by atomic mass is 16.1. The van der Waals surface area contributed by atoms with Crippen LogP contribution in [0.15, 0.2) is 71.8 Å². The van der Waals surface area contributed by atoms with Gasteiger partial charge in [-0.25, -0.2) is 10.1 Å². The van der Waals surface area contributed by atoms with Gasteiger partial charge in [0.1, 0.15) is 11.9 Å². The number of fused-ring (bicyclic) bond motifs is 1. The van der Waals surface area contributed by atoms with Gasteiger partial charge in [-0.15, -0.1) is 0 Å². The number of rotatable bonds is 5. The maximum atomic E-state index is 12.9. The number of H-pyrrole nitrogens is 1. The van der Waals surface area contributed by atoms with Crippen molar-refractivity contribution in [2.75, 3.05) is 0 Å². The molecule has 4 rings (SSSR count). The summed E-state index contributed by atoms with van der Waals surface area (Å²) in [6.07, 6.45) is 3.59. The number of nitrogens with one attached hydrogen (secondary N) is 2. The van der Waals surface area contributed by atoms with Crippen molar-refractivity contribution in [1.82, 2.24) is 25.1 Å². The average Bonchev–Trinajstić information content (AvgIpc) is 3.15. The minimum absolute atomic E-state index is 0.0467. The molecule has 0 saturated heterocycles. The van der Waals surface area contributed by atoms with Gasteiger partial charge in [-0.1, -0.05) is 48.5 Å². The summed E-state index contributed by atoms with van der Waals surface area (Å²) < 4.78 is 1.88. The molecule has 0 aliphatic rings. The lowest BCUT2D eigenvalue weighted by atomic mass is 10.1. The van der Waals surface area contributed by atoms with Crippen molar-refractivity contribution in [2.45, 2.75) is 12.5 Å². The smallest absolute Gasteiger partial charge is 0.272 e. The van der Waals surface area contributed by atoms with Crippen molar-refractivity contribution in [1.29, 1.82) is 0 Å². The normalized spacial score (nSPS) is 12.0. The van der Waals surface area contributed by atoms with Gasteiger partial charge >= 0.3 is 0 Å². The van der Waals surface area contributed by atoms with Crippen molar-refractivity contribution in [3.8, 4) is 0 Å². The summed E-state index contributed by atoms with van der Waals surface area (Å²) >= 11 is 0. The van der Waals surface area contributed by atoms with E-state index in [1.54, 1.807) is 24.4 Å². The molecule has 28 heavy (non-hydrogen) atoms. The third kappa shape index (κ3) is 3.42. The van der Waals surface area contributed by atoms with Crippen LogP contribution in [0.4, 0.5) is 0 Å². The molecule has 4 aromatic rings. The van der Waals surface area contributed by atoms with Crippen LogP contribution in [0.3, 0.4) is 0 Å². The first-order chi connectivity index (χ1) is 13.6. The van der Waals surface area contributed by atoms with E-state index < -0.39 is 0 Å². The molecular formula is C21H19N5O2. The lowest BCUT2D eigenvalue weighted by Crippen LogP contribution is -2.32. The molecule has 0 aliphatic heterocycles. The Bertz CT molecular complexity index is 1180. The number of aryl methyl sites for hydroxylation is 1. The second-order valence-electron chi connectivity index (χ2n) is 6.53. The van der Waals surface area contributed by atoms with Crippen molar-refractivity contribution >= 4 is 16.7 Å². The molecule has 0 radical (unpaired) electrons. The van der Waals surface area contributed by atoms with Gasteiger partial charge in [0.25, 0.3) is 5.56 Å². The zero-order valence-corrected chi connectivity index (χ0v) is 15.3. The fourth-order valence-electron chi connectivity index (χ4n) is 3.27. The molecule has 0 spiro atoms. The van der Waals surface area contributed by atoms with E-state index >= 15 is 0 Å². The molecule has 0 saturated carbocycles. The van der Waals surface area contributed by atoms with Crippen LogP contribution in [0.25, 0.3) is 10.8 Å². The fraction of sp³-hybridized carbons (Fsp3) is 0.143.